The minimum absolute atomic E-state index is 0.0258. The maximum atomic E-state index is 12.0. The summed E-state index contributed by atoms with van der Waals surface area (Å²) in [7, 11) is 0. The van der Waals surface area contributed by atoms with Crippen molar-refractivity contribution < 1.29 is 19.3 Å². The number of hydrogen-bond acceptors (Lipinski definition) is 6. The van der Waals surface area contributed by atoms with Crippen molar-refractivity contribution in [3.05, 3.63) is 39.4 Å². The molecule has 0 fully saturated rings. The lowest BCUT2D eigenvalue weighted by atomic mass is 9.95. The van der Waals surface area contributed by atoms with Crippen molar-refractivity contribution in [3.8, 4) is 5.75 Å². The lowest BCUT2D eigenvalue weighted by Gasteiger charge is -2.28. The zero-order chi connectivity index (χ0) is 20.4. The maximum absolute atomic E-state index is 12.0. The highest BCUT2D eigenvalue weighted by molar-refractivity contribution is 5.75. The molecule has 0 bridgehead atoms. The first-order valence-corrected chi connectivity index (χ1v) is 9.11. The smallest absolute Gasteiger partial charge is 0.330 e. The Morgan fingerprint density at radius 3 is 2.44 bits per heavy atom. The molecular formula is C20H28N2O5. The molecule has 0 N–H and O–H groups in total. The van der Waals surface area contributed by atoms with E-state index in [1.54, 1.807) is 17.2 Å². The van der Waals surface area contributed by atoms with Crippen molar-refractivity contribution in [1.29, 1.82) is 0 Å². The van der Waals surface area contributed by atoms with Gasteiger partial charge in [0.25, 0.3) is 0 Å². The summed E-state index contributed by atoms with van der Waals surface area (Å²) in [6, 6.07) is 3.30. The number of hydrogen-bond donors (Lipinski definition) is 0. The Balaban J connectivity index is 2.23. The zero-order valence-electron chi connectivity index (χ0n) is 16.9. The number of hydroxylamine groups is 2. The molecule has 7 nitrogen and oxygen atoms in total. The van der Waals surface area contributed by atoms with Crippen molar-refractivity contribution in [2.45, 2.75) is 54.1 Å². The number of aryl methyl sites for hydroxylation is 1. The molecule has 7 heteroatoms. The molecular weight excluding hydrogens is 348 g/mol. The second kappa shape index (κ2) is 8.08. The molecule has 0 radical (unpaired) electrons. The Kier molecular flexibility index (Phi) is 6.26. The van der Waals surface area contributed by atoms with Crippen LogP contribution in [0.5, 0.6) is 5.75 Å². The van der Waals surface area contributed by atoms with Gasteiger partial charge in [-0.1, -0.05) is 6.08 Å². The molecule has 2 rings (SSSR count). The summed E-state index contributed by atoms with van der Waals surface area (Å²) in [6.45, 7) is 12.0. The van der Waals surface area contributed by atoms with Crippen molar-refractivity contribution in [2.75, 3.05) is 13.1 Å². The third-order valence-electron chi connectivity index (χ3n) is 4.21. The fourth-order valence-electron chi connectivity index (χ4n) is 2.74. The monoisotopic (exact) mass is 376 g/mol. The number of carbonyl (C=O) groups is 1. The molecule has 0 aliphatic carbocycles. The molecule has 1 aliphatic rings. The number of carbonyl (C=O) groups excluding carboxylic acids is 1. The van der Waals surface area contributed by atoms with Crippen LogP contribution in [-0.4, -0.2) is 35.1 Å². The number of nitrogens with zero attached hydrogens (tertiary/aromatic N) is 2. The summed E-state index contributed by atoms with van der Waals surface area (Å²) in [5.74, 6) is 0.0107. The lowest BCUT2D eigenvalue weighted by Crippen LogP contribution is -2.36. The van der Waals surface area contributed by atoms with Crippen molar-refractivity contribution >= 4 is 17.2 Å². The van der Waals surface area contributed by atoms with E-state index in [4.69, 9.17) is 9.57 Å². The SMILES string of the molecule is Cc1cc([N+](=O)[O-])c(OC(C)C)cc1C1=CCN(OC(=O)C(C)(C)C)CC1. The first-order valence-electron chi connectivity index (χ1n) is 9.11. The predicted molar refractivity (Wildman–Crippen MR) is 103 cm³/mol. The van der Waals surface area contributed by atoms with E-state index in [1.165, 1.54) is 0 Å². The summed E-state index contributed by atoms with van der Waals surface area (Å²) in [4.78, 5) is 28.4. The Bertz CT molecular complexity index is 762. The summed E-state index contributed by atoms with van der Waals surface area (Å²) >= 11 is 0. The van der Waals surface area contributed by atoms with Crippen molar-refractivity contribution in [2.24, 2.45) is 5.41 Å². The predicted octanol–water partition coefficient (Wildman–Crippen LogP) is 4.28. The van der Waals surface area contributed by atoms with Crippen LogP contribution in [0.15, 0.2) is 18.2 Å². The number of ether oxygens (including phenoxy) is 1. The molecule has 1 aliphatic heterocycles. The topological polar surface area (TPSA) is 81.9 Å². The minimum atomic E-state index is -0.554. The van der Waals surface area contributed by atoms with Gasteiger partial charge in [0.15, 0.2) is 5.75 Å². The second-order valence-electron chi connectivity index (χ2n) is 8.05. The van der Waals surface area contributed by atoms with Crippen LogP contribution in [0.2, 0.25) is 0 Å². The van der Waals surface area contributed by atoms with Crippen LogP contribution in [0.4, 0.5) is 5.69 Å². The van der Waals surface area contributed by atoms with E-state index in [0.717, 1.165) is 16.7 Å². The molecule has 1 aromatic rings. The van der Waals surface area contributed by atoms with Gasteiger partial charge in [-0.25, -0.2) is 4.79 Å². The Labute approximate surface area is 160 Å². The van der Waals surface area contributed by atoms with Crippen LogP contribution < -0.4 is 4.74 Å². The van der Waals surface area contributed by atoms with Crippen molar-refractivity contribution in [3.63, 3.8) is 0 Å². The zero-order valence-corrected chi connectivity index (χ0v) is 16.9. The van der Waals surface area contributed by atoms with E-state index in [2.05, 4.69) is 0 Å². The third-order valence-corrected chi connectivity index (χ3v) is 4.21. The standard InChI is InChI=1S/C20H28N2O5/c1-13(2)26-18-12-16(14(3)11-17(18)22(24)25)15-7-9-21(10-8-15)27-19(23)20(4,5)6/h7,11-13H,8-10H2,1-6H3. The van der Waals surface area contributed by atoms with E-state index in [0.29, 0.717) is 19.5 Å². The second-order valence-corrected chi connectivity index (χ2v) is 8.05. The van der Waals surface area contributed by atoms with Gasteiger partial charge in [0.05, 0.1) is 23.0 Å². The maximum Gasteiger partial charge on any atom is 0.330 e. The van der Waals surface area contributed by atoms with E-state index in [1.807, 2.05) is 47.6 Å². The molecule has 27 heavy (non-hydrogen) atoms. The van der Waals surface area contributed by atoms with Gasteiger partial charge in [-0.3, -0.25) is 10.1 Å². The molecule has 0 spiro atoms. The van der Waals surface area contributed by atoms with Crippen LogP contribution in [-0.2, 0) is 9.63 Å². The molecule has 0 atom stereocenters. The van der Waals surface area contributed by atoms with Crippen LogP contribution in [0, 0.1) is 22.5 Å². The van der Waals surface area contributed by atoms with Gasteiger partial charge in [-0.2, -0.15) is 0 Å². The van der Waals surface area contributed by atoms with E-state index < -0.39 is 10.3 Å². The average molecular weight is 376 g/mol. The lowest BCUT2D eigenvalue weighted by molar-refractivity contribution is -0.386. The van der Waals surface area contributed by atoms with Gasteiger partial charge in [-0.05, 0) is 70.7 Å². The summed E-state index contributed by atoms with van der Waals surface area (Å²) in [6.07, 6.45) is 2.51. The first-order chi connectivity index (χ1) is 12.5. The van der Waals surface area contributed by atoms with E-state index in [9.17, 15) is 14.9 Å². The highest BCUT2D eigenvalue weighted by Crippen LogP contribution is 2.36. The van der Waals surface area contributed by atoms with Gasteiger partial charge in [-0.15, -0.1) is 5.06 Å². The fraction of sp³-hybridized carbons (Fsp3) is 0.550. The van der Waals surface area contributed by atoms with Gasteiger partial charge >= 0.3 is 11.7 Å². The molecule has 148 valence electrons. The normalized spacial score (nSPS) is 15.4. The quantitative estimate of drug-likeness (QED) is 0.563. The molecule has 0 saturated carbocycles. The molecule has 0 saturated heterocycles. The third kappa shape index (κ3) is 5.29. The van der Waals surface area contributed by atoms with Gasteiger partial charge in [0, 0.05) is 12.6 Å². The fourth-order valence-corrected chi connectivity index (χ4v) is 2.74. The van der Waals surface area contributed by atoms with Crippen LogP contribution in [0.3, 0.4) is 0 Å². The largest absolute Gasteiger partial charge is 0.484 e. The molecule has 0 aromatic heterocycles. The van der Waals surface area contributed by atoms with Crippen LogP contribution in [0.1, 0.15) is 52.2 Å². The Morgan fingerprint density at radius 1 is 1.30 bits per heavy atom. The number of rotatable bonds is 5. The van der Waals surface area contributed by atoms with E-state index in [-0.39, 0.29) is 23.5 Å². The number of nitro groups is 1. The van der Waals surface area contributed by atoms with Gasteiger partial charge in [0.1, 0.15) is 0 Å². The van der Waals surface area contributed by atoms with E-state index >= 15 is 0 Å². The molecule has 1 heterocycles. The summed E-state index contributed by atoms with van der Waals surface area (Å²) < 4.78 is 5.66. The summed E-state index contributed by atoms with van der Waals surface area (Å²) in [5, 5.41) is 13.0. The summed E-state index contributed by atoms with van der Waals surface area (Å²) in [5.41, 5.74) is 2.24. The Hall–Kier alpha value is -2.41. The van der Waals surface area contributed by atoms with Gasteiger partial charge in [0.2, 0.25) is 0 Å². The van der Waals surface area contributed by atoms with Crippen molar-refractivity contribution in [1.82, 2.24) is 5.06 Å². The van der Waals surface area contributed by atoms with Crippen LogP contribution >= 0.6 is 0 Å². The van der Waals surface area contributed by atoms with Gasteiger partial charge < -0.3 is 9.57 Å². The molecule has 0 amide bonds. The minimum Gasteiger partial charge on any atom is -0.484 e. The average Bonchev–Trinajstić information content (AvgIpc) is 2.55. The first kappa shape index (κ1) is 20.9. The Morgan fingerprint density at radius 2 is 1.96 bits per heavy atom. The highest BCUT2D eigenvalue weighted by Gasteiger charge is 2.27. The number of benzene rings is 1. The molecule has 0 unspecified atom stereocenters. The number of nitro benzene ring substituents is 1. The highest BCUT2D eigenvalue weighted by atomic mass is 16.7. The molecule has 1 aromatic carbocycles. The van der Waals surface area contributed by atoms with Crippen LogP contribution in [0.25, 0.3) is 5.57 Å².